The van der Waals surface area contributed by atoms with Crippen molar-refractivity contribution in [1.82, 2.24) is 10.3 Å². The molecule has 0 bridgehead atoms. The SMILES string of the molecule is O=C(Nc1cc(-c2cc(F)cc(NCC3CCOCC3)c2)c(Cl)cn1)[C@@H]1CCCNC1. The highest BCUT2D eigenvalue weighted by molar-refractivity contribution is 6.33. The van der Waals surface area contributed by atoms with Gasteiger partial charge in [0.25, 0.3) is 0 Å². The number of ether oxygens (including phenoxy) is 1. The molecule has 1 amide bonds. The molecule has 2 aromatic rings. The fourth-order valence-electron chi connectivity index (χ4n) is 4.09. The van der Waals surface area contributed by atoms with Gasteiger partial charge in [0.1, 0.15) is 11.6 Å². The Bertz CT molecular complexity index is 914. The maximum absolute atomic E-state index is 14.4. The molecule has 6 nitrogen and oxygen atoms in total. The lowest BCUT2D eigenvalue weighted by Gasteiger charge is -2.23. The van der Waals surface area contributed by atoms with Gasteiger partial charge < -0.3 is 20.7 Å². The van der Waals surface area contributed by atoms with Crippen LogP contribution in [0.5, 0.6) is 0 Å². The Kier molecular flexibility index (Phi) is 7.37. The van der Waals surface area contributed by atoms with Crippen molar-refractivity contribution in [3.63, 3.8) is 0 Å². The van der Waals surface area contributed by atoms with Gasteiger partial charge in [-0.2, -0.15) is 0 Å². The molecule has 4 rings (SSSR count). The number of carbonyl (C=O) groups is 1. The zero-order chi connectivity index (χ0) is 21.6. The van der Waals surface area contributed by atoms with E-state index in [1.165, 1.54) is 18.3 Å². The van der Waals surface area contributed by atoms with Crippen LogP contribution in [0.1, 0.15) is 25.7 Å². The van der Waals surface area contributed by atoms with Gasteiger partial charge in [0.2, 0.25) is 5.91 Å². The Balaban J connectivity index is 1.49. The van der Waals surface area contributed by atoms with Crippen molar-refractivity contribution in [3.8, 4) is 11.1 Å². The van der Waals surface area contributed by atoms with Gasteiger partial charge in [0, 0.05) is 43.8 Å². The van der Waals surface area contributed by atoms with E-state index in [4.69, 9.17) is 16.3 Å². The number of hydrogen-bond acceptors (Lipinski definition) is 5. The molecule has 0 spiro atoms. The van der Waals surface area contributed by atoms with Crippen LogP contribution in [0.2, 0.25) is 5.02 Å². The predicted octanol–water partition coefficient (Wildman–Crippen LogP) is 4.32. The zero-order valence-corrected chi connectivity index (χ0v) is 18.2. The summed E-state index contributed by atoms with van der Waals surface area (Å²) >= 11 is 6.38. The number of anilines is 2. The maximum atomic E-state index is 14.4. The summed E-state index contributed by atoms with van der Waals surface area (Å²) in [5.41, 5.74) is 1.97. The van der Waals surface area contributed by atoms with Gasteiger partial charge in [0.05, 0.1) is 10.9 Å². The molecule has 2 aliphatic rings. The minimum absolute atomic E-state index is 0.0639. The standard InChI is InChI=1S/C23H28ClFN4O2/c24-21-14-28-22(29-23(30)16-2-1-5-26-13-16)11-20(21)17-8-18(25)10-19(9-17)27-12-15-3-6-31-7-4-15/h8-11,14-16,26-27H,1-7,12-13H2,(H,28,29,30)/t16-/m1/s1. The van der Waals surface area contributed by atoms with Gasteiger partial charge in [-0.1, -0.05) is 11.6 Å². The highest BCUT2D eigenvalue weighted by Crippen LogP contribution is 2.32. The quantitative estimate of drug-likeness (QED) is 0.616. The van der Waals surface area contributed by atoms with Crippen molar-refractivity contribution in [2.75, 3.05) is 43.5 Å². The summed E-state index contributed by atoms with van der Waals surface area (Å²) < 4.78 is 19.8. The number of halogens is 2. The van der Waals surface area contributed by atoms with Crippen molar-refractivity contribution in [2.45, 2.75) is 25.7 Å². The number of hydrogen-bond donors (Lipinski definition) is 3. The van der Waals surface area contributed by atoms with E-state index in [0.717, 1.165) is 52.0 Å². The highest BCUT2D eigenvalue weighted by atomic mass is 35.5. The molecular formula is C23H28ClFN4O2. The van der Waals surface area contributed by atoms with E-state index in [1.807, 2.05) is 6.07 Å². The van der Waals surface area contributed by atoms with Crippen molar-refractivity contribution < 1.29 is 13.9 Å². The molecule has 0 radical (unpaired) electrons. The van der Waals surface area contributed by atoms with E-state index >= 15 is 0 Å². The summed E-state index contributed by atoms with van der Waals surface area (Å²) in [7, 11) is 0. The number of nitrogens with zero attached hydrogens (tertiary/aromatic N) is 1. The molecule has 2 aliphatic heterocycles. The zero-order valence-electron chi connectivity index (χ0n) is 17.4. The molecule has 0 unspecified atom stereocenters. The normalized spacial score (nSPS) is 19.7. The van der Waals surface area contributed by atoms with E-state index in [9.17, 15) is 9.18 Å². The van der Waals surface area contributed by atoms with Crippen LogP contribution >= 0.6 is 11.6 Å². The Hall–Kier alpha value is -2.22. The average Bonchev–Trinajstić information content (AvgIpc) is 2.80. The van der Waals surface area contributed by atoms with Crippen molar-refractivity contribution in [1.29, 1.82) is 0 Å². The molecule has 2 fully saturated rings. The number of piperidine rings is 1. The monoisotopic (exact) mass is 446 g/mol. The number of rotatable bonds is 6. The van der Waals surface area contributed by atoms with E-state index in [0.29, 0.717) is 40.1 Å². The second kappa shape index (κ2) is 10.4. The Morgan fingerprint density at radius 1 is 1.23 bits per heavy atom. The largest absolute Gasteiger partial charge is 0.385 e. The summed E-state index contributed by atoms with van der Waals surface area (Å²) in [4.78, 5) is 16.8. The Morgan fingerprint density at radius 2 is 2.06 bits per heavy atom. The first-order valence-electron chi connectivity index (χ1n) is 10.9. The first-order chi connectivity index (χ1) is 15.1. The second-order valence-electron chi connectivity index (χ2n) is 8.25. The first-order valence-corrected chi connectivity index (χ1v) is 11.3. The minimum atomic E-state index is -0.348. The van der Waals surface area contributed by atoms with Crippen LogP contribution in [0.15, 0.2) is 30.5 Å². The molecule has 1 aromatic heterocycles. The Labute approximate surface area is 186 Å². The maximum Gasteiger partial charge on any atom is 0.229 e. The minimum Gasteiger partial charge on any atom is -0.385 e. The van der Waals surface area contributed by atoms with E-state index in [-0.39, 0.29) is 17.6 Å². The fraction of sp³-hybridized carbons (Fsp3) is 0.478. The van der Waals surface area contributed by atoms with Crippen molar-refractivity contribution in [2.24, 2.45) is 11.8 Å². The van der Waals surface area contributed by atoms with Crippen LogP contribution in [0.4, 0.5) is 15.9 Å². The first kappa shape index (κ1) is 22.0. The van der Waals surface area contributed by atoms with Crippen LogP contribution in [0, 0.1) is 17.7 Å². The molecule has 0 aliphatic carbocycles. The highest BCUT2D eigenvalue weighted by Gasteiger charge is 2.21. The van der Waals surface area contributed by atoms with Crippen molar-refractivity contribution in [3.05, 3.63) is 41.3 Å². The average molecular weight is 447 g/mol. The molecule has 166 valence electrons. The number of aromatic nitrogens is 1. The van der Waals surface area contributed by atoms with Crippen LogP contribution in [0.25, 0.3) is 11.1 Å². The van der Waals surface area contributed by atoms with E-state index < -0.39 is 0 Å². The van der Waals surface area contributed by atoms with Gasteiger partial charge in [0.15, 0.2) is 0 Å². The molecule has 3 N–H and O–H groups in total. The number of carbonyl (C=O) groups excluding carboxylic acids is 1. The number of pyridine rings is 1. The summed E-state index contributed by atoms with van der Waals surface area (Å²) in [6, 6.07) is 6.50. The second-order valence-corrected chi connectivity index (χ2v) is 8.65. The third-order valence-electron chi connectivity index (χ3n) is 5.92. The summed E-state index contributed by atoms with van der Waals surface area (Å²) in [5, 5.41) is 9.86. The lowest BCUT2D eigenvalue weighted by atomic mass is 9.99. The smallest absolute Gasteiger partial charge is 0.229 e. The third kappa shape index (κ3) is 5.93. The van der Waals surface area contributed by atoms with E-state index in [2.05, 4.69) is 20.9 Å². The molecule has 1 aromatic carbocycles. The summed E-state index contributed by atoms with van der Waals surface area (Å²) in [5.74, 6) is 0.437. The van der Waals surface area contributed by atoms with E-state index in [1.54, 1.807) is 6.07 Å². The predicted molar refractivity (Wildman–Crippen MR) is 121 cm³/mol. The molecule has 3 heterocycles. The molecule has 8 heteroatoms. The fourth-order valence-corrected chi connectivity index (χ4v) is 4.30. The molecule has 1 atom stereocenters. The number of amides is 1. The molecule has 0 saturated carbocycles. The van der Waals surface area contributed by atoms with Crippen LogP contribution in [0.3, 0.4) is 0 Å². The van der Waals surface area contributed by atoms with Gasteiger partial charge in [-0.3, -0.25) is 4.79 Å². The topological polar surface area (TPSA) is 75.3 Å². The lowest BCUT2D eigenvalue weighted by Crippen LogP contribution is -2.37. The van der Waals surface area contributed by atoms with Crippen molar-refractivity contribution >= 4 is 29.0 Å². The van der Waals surface area contributed by atoms with Gasteiger partial charge in [-0.15, -0.1) is 0 Å². The number of nitrogens with one attached hydrogen (secondary N) is 3. The molecule has 2 saturated heterocycles. The lowest BCUT2D eigenvalue weighted by molar-refractivity contribution is -0.120. The van der Waals surface area contributed by atoms with Gasteiger partial charge in [-0.25, -0.2) is 9.37 Å². The molecule has 31 heavy (non-hydrogen) atoms. The van der Waals surface area contributed by atoms with Gasteiger partial charge in [-0.05, 0) is 68.0 Å². The number of benzene rings is 1. The summed E-state index contributed by atoms with van der Waals surface area (Å²) in [6.07, 6.45) is 5.33. The third-order valence-corrected chi connectivity index (χ3v) is 6.22. The van der Waals surface area contributed by atoms with Crippen LogP contribution in [-0.2, 0) is 9.53 Å². The molecular weight excluding hydrogens is 419 g/mol. The van der Waals surface area contributed by atoms with Crippen LogP contribution in [-0.4, -0.2) is 43.7 Å². The van der Waals surface area contributed by atoms with Gasteiger partial charge >= 0.3 is 0 Å². The van der Waals surface area contributed by atoms with Crippen LogP contribution < -0.4 is 16.0 Å². The summed E-state index contributed by atoms with van der Waals surface area (Å²) in [6.45, 7) is 3.93. The Morgan fingerprint density at radius 3 is 2.84 bits per heavy atom.